The van der Waals surface area contributed by atoms with E-state index in [1.807, 2.05) is 0 Å². The Labute approximate surface area is 118 Å². The number of methoxy groups -OCH3 is 1. The Morgan fingerprint density at radius 1 is 0.950 bits per heavy atom. The summed E-state index contributed by atoms with van der Waals surface area (Å²) in [6.07, 6.45) is 0. The Balaban J connectivity index is 2.01. The minimum absolute atomic E-state index is 0.110. The first-order valence-electron chi connectivity index (χ1n) is 6.34. The van der Waals surface area contributed by atoms with E-state index in [1.54, 1.807) is 7.11 Å². The van der Waals surface area contributed by atoms with Crippen LogP contribution in [-0.4, -0.2) is 57.8 Å². The van der Waals surface area contributed by atoms with Crippen molar-refractivity contribution in [3.05, 3.63) is 29.8 Å². The second-order valence-corrected chi connectivity index (χ2v) is 3.90. The molecule has 0 aliphatic rings. The molecule has 1 aromatic carbocycles. The molecule has 0 unspecified atom stereocenters. The minimum atomic E-state index is -0.440. The van der Waals surface area contributed by atoms with Gasteiger partial charge in [0.2, 0.25) is 0 Å². The van der Waals surface area contributed by atoms with Gasteiger partial charge in [0.15, 0.2) is 0 Å². The zero-order valence-corrected chi connectivity index (χ0v) is 11.5. The van der Waals surface area contributed by atoms with Crippen molar-refractivity contribution in [2.75, 3.05) is 46.8 Å². The number of rotatable bonds is 10. The third-order valence-electron chi connectivity index (χ3n) is 2.37. The average Bonchev–Trinajstić information content (AvgIpc) is 2.46. The summed E-state index contributed by atoms with van der Waals surface area (Å²) in [6, 6.07) is 5.87. The number of benzene rings is 1. The number of esters is 1. The smallest absolute Gasteiger partial charge is 0.338 e. The van der Waals surface area contributed by atoms with Crippen LogP contribution in [0, 0.1) is 0 Å². The maximum Gasteiger partial charge on any atom is 0.338 e. The fraction of sp³-hybridized carbons (Fsp3) is 0.500. The van der Waals surface area contributed by atoms with Crippen molar-refractivity contribution in [3.8, 4) is 5.75 Å². The number of ether oxygens (including phenoxy) is 4. The fourth-order valence-electron chi connectivity index (χ4n) is 1.34. The topological polar surface area (TPSA) is 74.2 Å². The number of hydrogen-bond donors (Lipinski definition) is 1. The number of aromatic hydroxyl groups is 1. The highest BCUT2D eigenvalue weighted by molar-refractivity contribution is 5.89. The quantitative estimate of drug-likeness (QED) is 0.514. The summed E-state index contributed by atoms with van der Waals surface area (Å²) in [7, 11) is 1.61. The van der Waals surface area contributed by atoms with Crippen LogP contribution in [0.3, 0.4) is 0 Å². The third kappa shape index (κ3) is 7.08. The van der Waals surface area contributed by atoms with E-state index in [4.69, 9.17) is 24.1 Å². The van der Waals surface area contributed by atoms with Gasteiger partial charge >= 0.3 is 5.97 Å². The van der Waals surface area contributed by atoms with Crippen LogP contribution in [0.5, 0.6) is 5.75 Å². The Bertz CT molecular complexity index is 376. The van der Waals surface area contributed by atoms with Crippen LogP contribution in [0.15, 0.2) is 24.3 Å². The number of phenolic OH excluding ortho intramolecular Hbond substituents is 1. The van der Waals surface area contributed by atoms with Gasteiger partial charge in [-0.2, -0.15) is 0 Å². The number of carbonyl (C=O) groups excluding carboxylic acids is 1. The summed E-state index contributed by atoms with van der Waals surface area (Å²) in [4.78, 5) is 11.6. The lowest BCUT2D eigenvalue weighted by Gasteiger charge is -2.07. The van der Waals surface area contributed by atoms with Gasteiger partial charge in [0.1, 0.15) is 12.4 Å². The molecule has 0 spiro atoms. The molecule has 0 fully saturated rings. The zero-order valence-electron chi connectivity index (χ0n) is 11.5. The molecule has 6 heteroatoms. The van der Waals surface area contributed by atoms with E-state index >= 15 is 0 Å². The van der Waals surface area contributed by atoms with Crippen molar-refractivity contribution >= 4 is 5.97 Å². The summed E-state index contributed by atoms with van der Waals surface area (Å²) in [6.45, 7) is 2.52. The van der Waals surface area contributed by atoms with Gasteiger partial charge in [-0.3, -0.25) is 0 Å². The molecule has 1 aromatic rings. The predicted molar refractivity (Wildman–Crippen MR) is 71.9 cm³/mol. The van der Waals surface area contributed by atoms with E-state index in [9.17, 15) is 4.79 Å². The Hall–Kier alpha value is -1.63. The monoisotopic (exact) mass is 284 g/mol. The molecule has 0 saturated heterocycles. The molecule has 1 rings (SSSR count). The molecule has 0 saturated carbocycles. The van der Waals surface area contributed by atoms with E-state index in [-0.39, 0.29) is 12.4 Å². The molecule has 1 N–H and O–H groups in total. The van der Waals surface area contributed by atoms with Crippen molar-refractivity contribution in [3.63, 3.8) is 0 Å². The molecule has 0 atom stereocenters. The maximum atomic E-state index is 11.6. The Morgan fingerprint density at radius 2 is 1.50 bits per heavy atom. The van der Waals surface area contributed by atoms with Crippen LogP contribution in [0.2, 0.25) is 0 Å². The summed E-state index contributed by atoms with van der Waals surface area (Å²) >= 11 is 0. The van der Waals surface area contributed by atoms with Gasteiger partial charge < -0.3 is 24.1 Å². The van der Waals surface area contributed by atoms with Crippen molar-refractivity contribution < 1.29 is 28.8 Å². The molecule has 0 heterocycles. The molecule has 112 valence electrons. The molecular weight excluding hydrogens is 264 g/mol. The lowest BCUT2D eigenvalue weighted by atomic mass is 10.2. The highest BCUT2D eigenvalue weighted by atomic mass is 16.6. The van der Waals surface area contributed by atoms with Gasteiger partial charge in [0.05, 0.1) is 38.6 Å². The summed E-state index contributed by atoms with van der Waals surface area (Å²) in [5.74, 6) is -0.330. The van der Waals surface area contributed by atoms with Gasteiger partial charge in [0, 0.05) is 7.11 Å². The molecule has 0 aliphatic carbocycles. The number of hydrogen-bond acceptors (Lipinski definition) is 6. The van der Waals surface area contributed by atoms with E-state index in [0.717, 1.165) is 0 Å². The first-order chi connectivity index (χ1) is 9.74. The summed E-state index contributed by atoms with van der Waals surface area (Å²) < 4.78 is 20.3. The first kappa shape index (κ1) is 16.4. The van der Waals surface area contributed by atoms with Gasteiger partial charge in [-0.25, -0.2) is 4.79 Å². The lowest BCUT2D eigenvalue weighted by Crippen LogP contribution is -2.13. The van der Waals surface area contributed by atoms with Crippen molar-refractivity contribution in [2.24, 2.45) is 0 Å². The largest absolute Gasteiger partial charge is 0.508 e. The summed E-state index contributed by atoms with van der Waals surface area (Å²) in [5, 5.41) is 9.10. The molecule has 0 amide bonds. The molecule has 20 heavy (non-hydrogen) atoms. The average molecular weight is 284 g/mol. The summed E-state index contributed by atoms with van der Waals surface area (Å²) in [5.41, 5.74) is 0.394. The van der Waals surface area contributed by atoms with Crippen LogP contribution in [0.4, 0.5) is 0 Å². The van der Waals surface area contributed by atoms with E-state index < -0.39 is 5.97 Å². The van der Waals surface area contributed by atoms with Crippen LogP contribution in [-0.2, 0) is 18.9 Å². The van der Waals surface area contributed by atoms with E-state index in [2.05, 4.69) is 0 Å². The standard InChI is InChI=1S/C14H20O6/c1-17-6-7-18-8-9-19-10-11-20-14(16)12-2-4-13(15)5-3-12/h2-5,15H,6-11H2,1H3. The van der Waals surface area contributed by atoms with Crippen LogP contribution in [0.1, 0.15) is 10.4 Å². The Kier molecular flexibility index (Phi) is 8.37. The molecule has 0 aromatic heterocycles. The molecule has 6 nitrogen and oxygen atoms in total. The molecular formula is C14H20O6. The van der Waals surface area contributed by atoms with Crippen molar-refractivity contribution in [1.29, 1.82) is 0 Å². The maximum absolute atomic E-state index is 11.6. The van der Waals surface area contributed by atoms with Crippen LogP contribution >= 0.6 is 0 Å². The van der Waals surface area contributed by atoms with Gasteiger partial charge in [-0.1, -0.05) is 0 Å². The molecule has 0 radical (unpaired) electrons. The predicted octanol–water partition coefficient (Wildman–Crippen LogP) is 1.23. The van der Waals surface area contributed by atoms with E-state index in [1.165, 1.54) is 24.3 Å². The fourth-order valence-corrected chi connectivity index (χ4v) is 1.34. The minimum Gasteiger partial charge on any atom is -0.508 e. The highest BCUT2D eigenvalue weighted by Gasteiger charge is 2.06. The van der Waals surface area contributed by atoms with Crippen molar-refractivity contribution in [1.82, 2.24) is 0 Å². The second kappa shape index (κ2) is 10.2. The first-order valence-corrected chi connectivity index (χ1v) is 6.34. The second-order valence-electron chi connectivity index (χ2n) is 3.90. The highest BCUT2D eigenvalue weighted by Crippen LogP contribution is 2.10. The van der Waals surface area contributed by atoms with Gasteiger partial charge in [0.25, 0.3) is 0 Å². The normalized spacial score (nSPS) is 10.4. The van der Waals surface area contributed by atoms with E-state index in [0.29, 0.717) is 38.6 Å². The lowest BCUT2D eigenvalue weighted by molar-refractivity contribution is 0.00570. The third-order valence-corrected chi connectivity index (χ3v) is 2.37. The molecule has 0 aliphatic heterocycles. The number of phenols is 1. The molecule has 0 bridgehead atoms. The SMILES string of the molecule is COCCOCCOCCOC(=O)c1ccc(O)cc1. The van der Waals surface area contributed by atoms with Crippen LogP contribution in [0.25, 0.3) is 0 Å². The van der Waals surface area contributed by atoms with Crippen molar-refractivity contribution in [2.45, 2.75) is 0 Å². The van der Waals surface area contributed by atoms with Gasteiger partial charge in [-0.15, -0.1) is 0 Å². The number of carbonyl (C=O) groups is 1. The Morgan fingerprint density at radius 3 is 2.10 bits per heavy atom. The van der Waals surface area contributed by atoms with Crippen LogP contribution < -0.4 is 0 Å². The van der Waals surface area contributed by atoms with Gasteiger partial charge in [-0.05, 0) is 24.3 Å². The zero-order chi connectivity index (χ0) is 14.6.